The number of ether oxygens (including phenoxy) is 1. The van der Waals surface area contributed by atoms with Crippen LogP contribution in [0.1, 0.15) is 6.92 Å². The van der Waals surface area contributed by atoms with Gasteiger partial charge in [0, 0.05) is 12.3 Å². The van der Waals surface area contributed by atoms with Gasteiger partial charge in [-0.2, -0.15) is 0 Å². The van der Waals surface area contributed by atoms with Crippen molar-refractivity contribution in [2.75, 3.05) is 6.61 Å². The number of rotatable bonds is 3. The summed E-state index contributed by atoms with van der Waals surface area (Å²) in [4.78, 5) is 13.6. The van der Waals surface area contributed by atoms with Gasteiger partial charge in [-0.15, -0.1) is 0 Å². The van der Waals surface area contributed by atoms with Crippen LogP contribution in [0, 0.1) is 10.1 Å². The van der Waals surface area contributed by atoms with Crippen LogP contribution in [-0.4, -0.2) is 16.5 Å². The molecule has 1 heterocycles. The van der Waals surface area contributed by atoms with Crippen LogP contribution in [0.15, 0.2) is 18.3 Å². The van der Waals surface area contributed by atoms with Gasteiger partial charge < -0.3 is 4.74 Å². The lowest BCUT2D eigenvalue weighted by Gasteiger charge is -1.99. The van der Waals surface area contributed by atoms with Gasteiger partial charge in [-0.25, -0.2) is 4.98 Å². The molecule has 0 saturated heterocycles. The highest BCUT2D eigenvalue weighted by Crippen LogP contribution is 2.15. The minimum atomic E-state index is -0.482. The quantitative estimate of drug-likeness (QED) is 0.505. The standard InChI is InChI=1S/C7H8N2O3/c1-2-12-7-5-6(9(10)11)3-4-8-7/h3-5H,2H2,1H3. The number of nitrogens with zero attached hydrogens (tertiary/aromatic N) is 2. The Balaban J connectivity index is 2.88. The topological polar surface area (TPSA) is 65.3 Å². The Morgan fingerprint density at radius 1 is 1.75 bits per heavy atom. The molecule has 1 aromatic heterocycles. The number of hydrogen-bond donors (Lipinski definition) is 0. The zero-order valence-corrected chi connectivity index (χ0v) is 6.56. The van der Waals surface area contributed by atoms with Crippen molar-refractivity contribution < 1.29 is 9.66 Å². The zero-order valence-electron chi connectivity index (χ0n) is 6.56. The van der Waals surface area contributed by atoms with E-state index in [9.17, 15) is 10.1 Å². The molecule has 0 aromatic carbocycles. The Labute approximate surface area is 69.1 Å². The molecule has 0 atom stereocenters. The van der Waals surface area contributed by atoms with Gasteiger partial charge in [0.15, 0.2) is 0 Å². The predicted octanol–water partition coefficient (Wildman–Crippen LogP) is 1.39. The molecule has 0 saturated carbocycles. The first kappa shape index (κ1) is 8.45. The SMILES string of the molecule is CCOc1cc([N+](=O)[O-])ccn1. The van der Waals surface area contributed by atoms with E-state index in [0.29, 0.717) is 6.61 Å². The summed E-state index contributed by atoms with van der Waals surface area (Å²) in [5.41, 5.74) is -0.00606. The highest BCUT2D eigenvalue weighted by Gasteiger charge is 2.06. The molecule has 0 unspecified atom stereocenters. The van der Waals surface area contributed by atoms with Crippen LogP contribution >= 0.6 is 0 Å². The summed E-state index contributed by atoms with van der Waals surface area (Å²) in [5.74, 6) is 0.284. The molecule has 0 fully saturated rings. The summed E-state index contributed by atoms with van der Waals surface area (Å²) in [6.45, 7) is 2.24. The van der Waals surface area contributed by atoms with E-state index in [1.54, 1.807) is 6.92 Å². The second kappa shape index (κ2) is 3.66. The molecule has 1 rings (SSSR count). The van der Waals surface area contributed by atoms with Gasteiger partial charge in [0.05, 0.1) is 17.6 Å². The van der Waals surface area contributed by atoms with E-state index in [2.05, 4.69) is 4.98 Å². The van der Waals surface area contributed by atoms with Crippen LogP contribution in [0.2, 0.25) is 0 Å². The fourth-order valence-electron chi connectivity index (χ4n) is 0.739. The van der Waals surface area contributed by atoms with Crippen molar-refractivity contribution in [3.63, 3.8) is 0 Å². The molecule has 0 aliphatic rings. The van der Waals surface area contributed by atoms with Crippen LogP contribution in [0.3, 0.4) is 0 Å². The molecule has 0 N–H and O–H groups in total. The maximum Gasteiger partial charge on any atom is 0.276 e. The van der Waals surface area contributed by atoms with Crippen molar-refractivity contribution in [3.8, 4) is 5.88 Å². The van der Waals surface area contributed by atoms with E-state index in [0.717, 1.165) is 0 Å². The molecule has 0 spiro atoms. The molecular weight excluding hydrogens is 160 g/mol. The van der Waals surface area contributed by atoms with E-state index in [1.807, 2.05) is 0 Å². The molecule has 0 amide bonds. The Morgan fingerprint density at radius 3 is 3.08 bits per heavy atom. The van der Waals surface area contributed by atoms with Crippen LogP contribution in [0.5, 0.6) is 5.88 Å². The summed E-state index contributed by atoms with van der Waals surface area (Å²) in [6.07, 6.45) is 1.35. The molecule has 1 aromatic rings. The highest BCUT2D eigenvalue weighted by atomic mass is 16.6. The van der Waals surface area contributed by atoms with E-state index >= 15 is 0 Å². The predicted molar refractivity (Wildman–Crippen MR) is 42.1 cm³/mol. The third kappa shape index (κ3) is 1.91. The monoisotopic (exact) mass is 168 g/mol. The van der Waals surface area contributed by atoms with Crippen molar-refractivity contribution in [1.29, 1.82) is 0 Å². The van der Waals surface area contributed by atoms with E-state index < -0.39 is 4.92 Å². The third-order valence-corrected chi connectivity index (χ3v) is 1.22. The van der Waals surface area contributed by atoms with Crippen LogP contribution in [0.4, 0.5) is 5.69 Å². The van der Waals surface area contributed by atoms with Crippen molar-refractivity contribution in [1.82, 2.24) is 4.98 Å². The molecule has 5 heteroatoms. The van der Waals surface area contributed by atoms with Gasteiger partial charge in [-0.1, -0.05) is 0 Å². The minimum Gasteiger partial charge on any atom is -0.478 e. The maximum absolute atomic E-state index is 10.3. The van der Waals surface area contributed by atoms with Crippen LogP contribution < -0.4 is 4.74 Å². The molecule has 0 radical (unpaired) electrons. The number of aromatic nitrogens is 1. The molecule has 5 nitrogen and oxygen atoms in total. The normalized spacial score (nSPS) is 9.42. The minimum absolute atomic E-state index is 0.00606. The third-order valence-electron chi connectivity index (χ3n) is 1.22. The fourth-order valence-corrected chi connectivity index (χ4v) is 0.739. The summed E-state index contributed by atoms with van der Waals surface area (Å²) in [7, 11) is 0. The summed E-state index contributed by atoms with van der Waals surface area (Å²) >= 11 is 0. The van der Waals surface area contributed by atoms with Gasteiger partial charge >= 0.3 is 0 Å². The van der Waals surface area contributed by atoms with Gasteiger partial charge in [0.25, 0.3) is 5.69 Å². The second-order valence-electron chi connectivity index (χ2n) is 2.04. The number of hydrogen-bond acceptors (Lipinski definition) is 4. The summed E-state index contributed by atoms with van der Waals surface area (Å²) in [6, 6.07) is 2.62. The van der Waals surface area contributed by atoms with Crippen molar-refractivity contribution in [2.24, 2.45) is 0 Å². The largest absolute Gasteiger partial charge is 0.478 e. The van der Waals surface area contributed by atoms with Crippen molar-refractivity contribution in [3.05, 3.63) is 28.4 Å². The molecule has 0 bridgehead atoms. The lowest BCUT2D eigenvalue weighted by Crippen LogP contribution is -1.95. The van der Waals surface area contributed by atoms with Crippen molar-refractivity contribution >= 4 is 5.69 Å². The molecule has 64 valence electrons. The van der Waals surface area contributed by atoms with Crippen molar-refractivity contribution in [2.45, 2.75) is 6.92 Å². The summed E-state index contributed by atoms with van der Waals surface area (Å²) < 4.78 is 4.98. The second-order valence-corrected chi connectivity index (χ2v) is 2.04. The average Bonchev–Trinajstić information content (AvgIpc) is 2.05. The molecule has 0 aliphatic heterocycles. The van der Waals surface area contributed by atoms with E-state index in [1.165, 1.54) is 18.3 Å². The Bertz CT molecular complexity index is 288. The zero-order chi connectivity index (χ0) is 8.97. The number of pyridine rings is 1. The first-order valence-corrected chi connectivity index (χ1v) is 3.47. The van der Waals surface area contributed by atoms with Gasteiger partial charge in [-0.05, 0) is 6.92 Å². The first-order chi connectivity index (χ1) is 5.74. The van der Waals surface area contributed by atoms with Crippen LogP contribution in [0.25, 0.3) is 0 Å². The molecule has 12 heavy (non-hydrogen) atoms. The Kier molecular flexibility index (Phi) is 2.57. The van der Waals surface area contributed by atoms with Gasteiger partial charge in [0.2, 0.25) is 5.88 Å². The van der Waals surface area contributed by atoms with Crippen LogP contribution in [-0.2, 0) is 0 Å². The van der Waals surface area contributed by atoms with Gasteiger partial charge in [0.1, 0.15) is 0 Å². The lowest BCUT2D eigenvalue weighted by atomic mass is 10.4. The van der Waals surface area contributed by atoms with E-state index in [4.69, 9.17) is 4.74 Å². The maximum atomic E-state index is 10.3. The summed E-state index contributed by atoms with van der Waals surface area (Å²) in [5, 5.41) is 10.3. The fraction of sp³-hybridized carbons (Fsp3) is 0.286. The van der Waals surface area contributed by atoms with Gasteiger partial charge in [-0.3, -0.25) is 10.1 Å². The Hall–Kier alpha value is -1.65. The lowest BCUT2D eigenvalue weighted by molar-refractivity contribution is -0.385. The smallest absolute Gasteiger partial charge is 0.276 e. The Morgan fingerprint density at radius 2 is 2.50 bits per heavy atom. The van der Waals surface area contributed by atoms with E-state index in [-0.39, 0.29) is 11.6 Å². The molecular formula is C7H8N2O3. The number of nitro groups is 1. The molecule has 0 aliphatic carbocycles. The average molecular weight is 168 g/mol. The first-order valence-electron chi connectivity index (χ1n) is 3.47. The highest BCUT2D eigenvalue weighted by molar-refractivity contribution is 5.32.